The van der Waals surface area contributed by atoms with E-state index in [4.69, 9.17) is 4.74 Å². The third-order valence-electron chi connectivity index (χ3n) is 6.31. The molecule has 4 aromatic carbocycles. The van der Waals surface area contributed by atoms with E-state index >= 15 is 0 Å². The average molecular weight is 424 g/mol. The molecule has 2 atom stereocenters. The van der Waals surface area contributed by atoms with Crippen LogP contribution >= 0.6 is 0 Å². The van der Waals surface area contributed by atoms with Crippen molar-refractivity contribution >= 4 is 33.4 Å². The molecule has 160 valence electrons. The van der Waals surface area contributed by atoms with Gasteiger partial charge in [0, 0.05) is 0 Å². The number of benzene rings is 4. The number of rotatable bonds is 4. The van der Waals surface area contributed by atoms with Crippen molar-refractivity contribution in [2.45, 2.75) is 38.3 Å². The van der Waals surface area contributed by atoms with Gasteiger partial charge in [0.2, 0.25) is 0 Å². The van der Waals surface area contributed by atoms with E-state index in [2.05, 4.69) is 23.5 Å². The molecule has 1 N–H and O–H groups in total. The molecule has 0 bridgehead atoms. The Hall–Kier alpha value is -3.66. The van der Waals surface area contributed by atoms with Crippen LogP contribution < -0.4 is 5.32 Å². The normalized spacial score (nSPS) is 16.3. The van der Waals surface area contributed by atoms with Gasteiger partial charge < -0.3 is 10.1 Å². The summed E-state index contributed by atoms with van der Waals surface area (Å²) in [7, 11) is 0. The van der Waals surface area contributed by atoms with Gasteiger partial charge in [0.05, 0.1) is 11.6 Å². The predicted molar refractivity (Wildman–Crippen MR) is 127 cm³/mol. The fraction of sp³-hybridized carbons (Fsp3) is 0.214. The lowest BCUT2D eigenvalue weighted by Gasteiger charge is -2.27. The number of carbonyl (C=O) groups is 2. The Kier molecular flexibility index (Phi) is 5.36. The monoisotopic (exact) mass is 423 g/mol. The van der Waals surface area contributed by atoms with Crippen molar-refractivity contribution in [3.8, 4) is 0 Å². The van der Waals surface area contributed by atoms with E-state index in [-0.39, 0.29) is 11.9 Å². The molecule has 1 aliphatic carbocycles. The summed E-state index contributed by atoms with van der Waals surface area (Å²) in [6.07, 6.45) is 2.05. The van der Waals surface area contributed by atoms with E-state index in [1.165, 1.54) is 5.56 Å². The third kappa shape index (κ3) is 3.73. The summed E-state index contributed by atoms with van der Waals surface area (Å²) in [6, 6.07) is 25.7. The van der Waals surface area contributed by atoms with Gasteiger partial charge >= 0.3 is 5.97 Å². The lowest BCUT2D eigenvalue weighted by molar-refractivity contribution is -0.130. The molecule has 0 radical (unpaired) electrons. The summed E-state index contributed by atoms with van der Waals surface area (Å²) in [5, 5.41) is 6.67. The first-order valence-electron chi connectivity index (χ1n) is 11.1. The number of ether oxygens (including phenoxy) is 1. The Bertz CT molecular complexity index is 1270. The molecule has 4 heteroatoms. The summed E-state index contributed by atoms with van der Waals surface area (Å²) < 4.78 is 5.69. The van der Waals surface area contributed by atoms with Crippen LogP contribution in [0.5, 0.6) is 0 Å². The number of esters is 1. The van der Waals surface area contributed by atoms with Gasteiger partial charge in [0.25, 0.3) is 5.91 Å². The van der Waals surface area contributed by atoms with Crippen LogP contribution in [0.15, 0.2) is 78.9 Å². The quantitative estimate of drug-likeness (QED) is 0.337. The zero-order chi connectivity index (χ0) is 22.1. The largest absolute Gasteiger partial charge is 0.449 e. The number of aryl methyl sites for hydroxylation is 1. The summed E-state index contributed by atoms with van der Waals surface area (Å²) >= 11 is 0. The molecule has 5 rings (SSSR count). The predicted octanol–water partition coefficient (Wildman–Crippen LogP) is 5.73. The Morgan fingerprint density at radius 3 is 2.25 bits per heavy atom. The molecule has 4 aromatic rings. The van der Waals surface area contributed by atoms with Gasteiger partial charge in [0.15, 0.2) is 6.10 Å². The zero-order valence-electron chi connectivity index (χ0n) is 18.0. The van der Waals surface area contributed by atoms with E-state index in [0.717, 1.165) is 46.4 Å². The first-order valence-corrected chi connectivity index (χ1v) is 11.1. The maximum Gasteiger partial charge on any atom is 0.340 e. The average Bonchev–Trinajstić information content (AvgIpc) is 2.82. The molecule has 0 heterocycles. The maximum atomic E-state index is 13.3. The summed E-state index contributed by atoms with van der Waals surface area (Å²) in [4.78, 5) is 26.2. The van der Waals surface area contributed by atoms with Crippen LogP contribution in [0.2, 0.25) is 0 Å². The highest BCUT2D eigenvalue weighted by Gasteiger charge is 2.26. The molecule has 0 saturated heterocycles. The van der Waals surface area contributed by atoms with Gasteiger partial charge in [-0.3, -0.25) is 4.79 Å². The minimum atomic E-state index is -0.894. The van der Waals surface area contributed by atoms with E-state index in [1.807, 2.05) is 60.7 Å². The molecule has 1 amide bonds. The lowest BCUT2D eigenvalue weighted by atomic mass is 9.87. The molecule has 0 saturated carbocycles. The van der Waals surface area contributed by atoms with Crippen molar-refractivity contribution in [2.24, 2.45) is 0 Å². The van der Waals surface area contributed by atoms with Gasteiger partial charge in [-0.2, -0.15) is 0 Å². The smallest absolute Gasteiger partial charge is 0.340 e. The molecule has 32 heavy (non-hydrogen) atoms. The van der Waals surface area contributed by atoms with Crippen molar-refractivity contribution in [3.05, 3.63) is 95.6 Å². The minimum Gasteiger partial charge on any atom is -0.449 e. The fourth-order valence-electron chi connectivity index (χ4n) is 4.70. The molecular formula is C28H25NO3. The van der Waals surface area contributed by atoms with Crippen molar-refractivity contribution in [1.29, 1.82) is 0 Å². The molecule has 0 aromatic heterocycles. The van der Waals surface area contributed by atoms with Crippen LogP contribution in [0.3, 0.4) is 0 Å². The summed E-state index contributed by atoms with van der Waals surface area (Å²) in [6.45, 7) is 1.63. The van der Waals surface area contributed by atoms with Gasteiger partial charge in [0.1, 0.15) is 0 Å². The molecular weight excluding hydrogens is 398 g/mol. The van der Waals surface area contributed by atoms with Gasteiger partial charge in [-0.25, -0.2) is 4.79 Å². The van der Waals surface area contributed by atoms with Gasteiger partial charge in [-0.1, -0.05) is 72.8 Å². The van der Waals surface area contributed by atoms with E-state index in [0.29, 0.717) is 5.56 Å². The first kappa shape index (κ1) is 20.3. The van der Waals surface area contributed by atoms with Crippen LogP contribution in [0.4, 0.5) is 0 Å². The minimum absolute atomic E-state index is 0.0491. The van der Waals surface area contributed by atoms with Gasteiger partial charge in [-0.15, -0.1) is 0 Å². The second-order valence-electron chi connectivity index (χ2n) is 8.39. The number of carbonyl (C=O) groups excluding carboxylic acids is 2. The highest BCUT2D eigenvalue weighted by Crippen LogP contribution is 2.31. The van der Waals surface area contributed by atoms with E-state index in [9.17, 15) is 9.59 Å². The number of amides is 1. The summed E-state index contributed by atoms with van der Waals surface area (Å²) in [5.41, 5.74) is 2.93. The Morgan fingerprint density at radius 1 is 0.906 bits per heavy atom. The van der Waals surface area contributed by atoms with Crippen molar-refractivity contribution in [3.63, 3.8) is 0 Å². The second kappa shape index (κ2) is 8.46. The molecule has 0 aliphatic heterocycles. The Morgan fingerprint density at radius 2 is 1.53 bits per heavy atom. The highest BCUT2D eigenvalue weighted by molar-refractivity contribution is 6.16. The van der Waals surface area contributed by atoms with Crippen LogP contribution in [-0.4, -0.2) is 18.0 Å². The third-order valence-corrected chi connectivity index (χ3v) is 6.31. The Balaban J connectivity index is 1.39. The maximum absolute atomic E-state index is 13.3. The van der Waals surface area contributed by atoms with Gasteiger partial charge in [-0.05, 0) is 64.9 Å². The van der Waals surface area contributed by atoms with E-state index < -0.39 is 12.1 Å². The SMILES string of the molecule is C[C@H](OC(=O)c1c2ccccc2cc2ccccc12)C(=O)N[C@@H]1CCCc2ccccc21. The lowest BCUT2D eigenvalue weighted by Crippen LogP contribution is -2.39. The zero-order valence-corrected chi connectivity index (χ0v) is 18.0. The standard InChI is InChI=1S/C28H25NO3/c1-18(27(30)29-25-16-8-12-19-9-2-5-13-22(19)25)32-28(31)26-23-14-6-3-10-20(23)17-21-11-4-7-15-24(21)26/h2-7,9-11,13-15,17-18,25H,8,12,16H2,1H3,(H,29,30)/t18-,25+/m0/s1. The molecule has 0 unspecified atom stereocenters. The second-order valence-corrected chi connectivity index (χ2v) is 8.39. The molecule has 0 fully saturated rings. The van der Waals surface area contributed by atoms with Crippen molar-refractivity contribution < 1.29 is 14.3 Å². The molecule has 0 spiro atoms. The fourth-order valence-corrected chi connectivity index (χ4v) is 4.70. The highest BCUT2D eigenvalue weighted by atomic mass is 16.5. The van der Waals surface area contributed by atoms with Crippen LogP contribution in [0.1, 0.15) is 47.3 Å². The van der Waals surface area contributed by atoms with E-state index in [1.54, 1.807) is 6.92 Å². The van der Waals surface area contributed by atoms with Crippen LogP contribution in [0.25, 0.3) is 21.5 Å². The number of nitrogens with one attached hydrogen (secondary N) is 1. The molecule has 4 nitrogen and oxygen atoms in total. The van der Waals surface area contributed by atoms with Crippen molar-refractivity contribution in [1.82, 2.24) is 5.32 Å². The Labute approximate surface area is 187 Å². The number of fused-ring (bicyclic) bond motifs is 3. The number of hydrogen-bond acceptors (Lipinski definition) is 3. The van der Waals surface area contributed by atoms with Crippen LogP contribution in [0, 0.1) is 0 Å². The first-order chi connectivity index (χ1) is 15.6. The van der Waals surface area contributed by atoms with Crippen LogP contribution in [-0.2, 0) is 16.0 Å². The molecule has 1 aliphatic rings. The topological polar surface area (TPSA) is 55.4 Å². The van der Waals surface area contributed by atoms with Crippen molar-refractivity contribution in [2.75, 3.05) is 0 Å². The number of hydrogen-bond donors (Lipinski definition) is 1. The summed E-state index contributed by atoms with van der Waals surface area (Å²) in [5.74, 6) is -0.755.